The zero-order valence-electron chi connectivity index (χ0n) is 7.89. The summed E-state index contributed by atoms with van der Waals surface area (Å²) in [5.74, 6) is -1.96. The summed E-state index contributed by atoms with van der Waals surface area (Å²) < 4.78 is 1.93. The highest BCUT2D eigenvalue weighted by atomic mass is 32.1. The average molecular weight is 247 g/mol. The van der Waals surface area contributed by atoms with Gasteiger partial charge in [0.05, 0.1) is 6.42 Å². The lowest BCUT2D eigenvalue weighted by molar-refractivity contribution is -0.137. The standard InChI is InChI=1S/C8H9NO4S2/c1-4-6(7(12)13)15-8(14)9(4)3-2-5(10)11/h2-3H2,1H3,(H,10,11)(H,12,13). The summed E-state index contributed by atoms with van der Waals surface area (Å²) in [5, 5.41) is 17.3. The number of hydrogen-bond acceptors (Lipinski definition) is 4. The molecule has 7 heteroatoms. The van der Waals surface area contributed by atoms with Gasteiger partial charge in [0.15, 0.2) is 3.95 Å². The number of nitrogens with zero attached hydrogens (tertiary/aromatic N) is 1. The number of carboxylic acids is 2. The number of hydrogen-bond donors (Lipinski definition) is 2. The van der Waals surface area contributed by atoms with Crippen molar-refractivity contribution in [3.63, 3.8) is 0 Å². The summed E-state index contributed by atoms with van der Waals surface area (Å²) in [6, 6.07) is 0. The van der Waals surface area contributed by atoms with E-state index in [9.17, 15) is 9.59 Å². The minimum Gasteiger partial charge on any atom is -0.481 e. The molecule has 15 heavy (non-hydrogen) atoms. The molecule has 0 amide bonds. The maximum atomic E-state index is 10.8. The van der Waals surface area contributed by atoms with E-state index >= 15 is 0 Å². The fourth-order valence-electron chi connectivity index (χ4n) is 1.14. The molecule has 0 saturated carbocycles. The van der Waals surface area contributed by atoms with Gasteiger partial charge in [-0.15, -0.1) is 0 Å². The first-order valence-corrected chi connectivity index (χ1v) is 5.31. The molecule has 0 unspecified atom stereocenters. The zero-order valence-corrected chi connectivity index (χ0v) is 9.52. The Bertz CT molecular complexity index is 460. The molecule has 5 nitrogen and oxygen atoms in total. The van der Waals surface area contributed by atoms with E-state index in [1.807, 2.05) is 0 Å². The molecule has 1 aromatic heterocycles. The Labute approximate surface area is 94.6 Å². The van der Waals surface area contributed by atoms with Crippen LogP contribution < -0.4 is 0 Å². The van der Waals surface area contributed by atoms with E-state index in [1.54, 1.807) is 6.92 Å². The molecule has 0 bridgehead atoms. The van der Waals surface area contributed by atoms with Gasteiger partial charge >= 0.3 is 11.9 Å². The highest BCUT2D eigenvalue weighted by Crippen LogP contribution is 2.19. The van der Waals surface area contributed by atoms with Crippen LogP contribution in [0.25, 0.3) is 0 Å². The van der Waals surface area contributed by atoms with Crippen LogP contribution >= 0.6 is 23.6 Å². The van der Waals surface area contributed by atoms with Crippen LogP contribution in [0.15, 0.2) is 0 Å². The van der Waals surface area contributed by atoms with Crippen molar-refractivity contribution in [3.8, 4) is 0 Å². The third kappa shape index (κ3) is 2.63. The summed E-state index contributed by atoms with van der Waals surface area (Å²) in [4.78, 5) is 21.3. The van der Waals surface area contributed by atoms with Gasteiger partial charge in [-0.25, -0.2) is 4.79 Å². The normalized spacial score (nSPS) is 10.2. The number of carboxylic acid groups (broad SMARTS) is 2. The van der Waals surface area contributed by atoms with Crippen molar-refractivity contribution < 1.29 is 19.8 Å². The number of thiazole rings is 1. The molecule has 82 valence electrons. The molecule has 0 aromatic carbocycles. The van der Waals surface area contributed by atoms with Gasteiger partial charge in [0, 0.05) is 12.2 Å². The van der Waals surface area contributed by atoms with Crippen molar-refractivity contribution in [2.24, 2.45) is 0 Å². The largest absolute Gasteiger partial charge is 0.481 e. The van der Waals surface area contributed by atoms with E-state index in [0.29, 0.717) is 9.65 Å². The molecule has 0 spiro atoms. The molecule has 0 aliphatic carbocycles. The van der Waals surface area contributed by atoms with Crippen molar-refractivity contribution in [2.45, 2.75) is 19.9 Å². The maximum absolute atomic E-state index is 10.8. The highest BCUT2D eigenvalue weighted by Gasteiger charge is 2.15. The van der Waals surface area contributed by atoms with Crippen molar-refractivity contribution in [1.29, 1.82) is 0 Å². The summed E-state index contributed by atoms with van der Waals surface area (Å²) in [7, 11) is 0. The van der Waals surface area contributed by atoms with Crippen LogP contribution in [0.3, 0.4) is 0 Å². The molecule has 2 N–H and O–H groups in total. The Balaban J connectivity index is 3.03. The lowest BCUT2D eigenvalue weighted by Crippen LogP contribution is -2.07. The second-order valence-corrected chi connectivity index (χ2v) is 4.53. The smallest absolute Gasteiger partial charge is 0.347 e. The first-order valence-electron chi connectivity index (χ1n) is 4.08. The van der Waals surface area contributed by atoms with E-state index in [2.05, 4.69) is 0 Å². The molecular weight excluding hydrogens is 238 g/mol. The zero-order chi connectivity index (χ0) is 11.6. The first kappa shape index (κ1) is 11.9. The number of carbonyl (C=O) groups is 2. The molecule has 1 rings (SSSR count). The third-order valence-electron chi connectivity index (χ3n) is 1.89. The Hall–Kier alpha value is -1.21. The second-order valence-electron chi connectivity index (χ2n) is 2.88. The molecule has 1 heterocycles. The molecular formula is C8H9NO4S2. The number of aliphatic carboxylic acids is 1. The van der Waals surface area contributed by atoms with Gasteiger partial charge in [-0.05, 0) is 19.1 Å². The van der Waals surface area contributed by atoms with E-state index in [-0.39, 0.29) is 17.8 Å². The molecule has 1 aromatic rings. The van der Waals surface area contributed by atoms with E-state index < -0.39 is 11.9 Å². The topological polar surface area (TPSA) is 79.5 Å². The monoisotopic (exact) mass is 247 g/mol. The van der Waals surface area contributed by atoms with Gasteiger partial charge in [-0.1, -0.05) is 11.3 Å². The number of aromatic carboxylic acids is 1. The van der Waals surface area contributed by atoms with Crippen LogP contribution in [0.4, 0.5) is 0 Å². The van der Waals surface area contributed by atoms with Crippen LogP contribution in [0.1, 0.15) is 21.8 Å². The Kier molecular flexibility index (Phi) is 3.59. The lowest BCUT2D eigenvalue weighted by Gasteiger charge is -2.02. The van der Waals surface area contributed by atoms with Crippen LogP contribution in [-0.2, 0) is 11.3 Å². The van der Waals surface area contributed by atoms with E-state index in [4.69, 9.17) is 22.4 Å². The summed E-state index contributed by atoms with van der Waals surface area (Å²) >= 11 is 5.94. The molecule has 0 fully saturated rings. The fraction of sp³-hybridized carbons (Fsp3) is 0.375. The molecule has 0 saturated heterocycles. The Morgan fingerprint density at radius 2 is 2.07 bits per heavy atom. The van der Waals surface area contributed by atoms with Crippen LogP contribution in [0.2, 0.25) is 0 Å². The van der Waals surface area contributed by atoms with Gasteiger partial charge < -0.3 is 14.8 Å². The number of aromatic nitrogens is 1. The molecule has 0 atom stereocenters. The summed E-state index contributed by atoms with van der Waals surface area (Å²) in [6.45, 7) is 1.83. The highest BCUT2D eigenvalue weighted by molar-refractivity contribution is 7.73. The fourth-order valence-corrected chi connectivity index (χ4v) is 2.48. The lowest BCUT2D eigenvalue weighted by atomic mass is 10.3. The average Bonchev–Trinajstić information content (AvgIpc) is 2.39. The van der Waals surface area contributed by atoms with E-state index in [1.165, 1.54) is 4.57 Å². The van der Waals surface area contributed by atoms with Crippen molar-refractivity contribution >= 4 is 35.5 Å². The van der Waals surface area contributed by atoms with Gasteiger partial charge in [-0.3, -0.25) is 4.79 Å². The quantitative estimate of drug-likeness (QED) is 0.792. The van der Waals surface area contributed by atoms with Crippen molar-refractivity contribution in [1.82, 2.24) is 4.57 Å². The SMILES string of the molecule is Cc1c(C(=O)O)sc(=S)n1CCC(=O)O. The van der Waals surface area contributed by atoms with Crippen LogP contribution in [-0.4, -0.2) is 26.7 Å². The maximum Gasteiger partial charge on any atom is 0.347 e. The Morgan fingerprint density at radius 3 is 2.47 bits per heavy atom. The second kappa shape index (κ2) is 4.54. The molecule has 0 radical (unpaired) electrons. The minimum atomic E-state index is -1.03. The predicted molar refractivity (Wildman–Crippen MR) is 57.1 cm³/mol. The Morgan fingerprint density at radius 1 is 1.47 bits per heavy atom. The minimum absolute atomic E-state index is 0.0645. The van der Waals surface area contributed by atoms with Crippen molar-refractivity contribution in [3.05, 3.63) is 14.5 Å². The van der Waals surface area contributed by atoms with Gasteiger partial charge in [0.2, 0.25) is 0 Å². The van der Waals surface area contributed by atoms with Crippen molar-refractivity contribution in [2.75, 3.05) is 0 Å². The van der Waals surface area contributed by atoms with Gasteiger partial charge in [0.1, 0.15) is 4.88 Å². The predicted octanol–water partition coefficient (Wildman–Crippen LogP) is 1.76. The van der Waals surface area contributed by atoms with Crippen LogP contribution in [0.5, 0.6) is 0 Å². The first-order chi connectivity index (χ1) is 6.93. The van der Waals surface area contributed by atoms with Gasteiger partial charge in [-0.2, -0.15) is 0 Å². The summed E-state index contributed by atoms with van der Waals surface area (Å²) in [5.41, 5.74) is 0.513. The molecule has 0 aliphatic heterocycles. The third-order valence-corrected chi connectivity index (χ3v) is 3.43. The number of rotatable bonds is 4. The molecule has 0 aliphatic rings. The van der Waals surface area contributed by atoms with Crippen LogP contribution in [0, 0.1) is 10.9 Å². The summed E-state index contributed by atoms with van der Waals surface area (Å²) in [6.07, 6.45) is -0.0645. The van der Waals surface area contributed by atoms with Gasteiger partial charge in [0.25, 0.3) is 0 Å². The van der Waals surface area contributed by atoms with E-state index in [0.717, 1.165) is 11.3 Å².